The maximum atomic E-state index is 12.2. The molecule has 0 N–H and O–H groups in total. The number of hydrogen-bond donors (Lipinski definition) is 0. The lowest BCUT2D eigenvalue weighted by molar-refractivity contribution is -0.139. The molecule has 7 nitrogen and oxygen atoms in total. The van der Waals surface area contributed by atoms with Crippen LogP contribution in [0.4, 0.5) is 5.69 Å². The summed E-state index contributed by atoms with van der Waals surface area (Å²) in [7, 11) is 0. The van der Waals surface area contributed by atoms with Gasteiger partial charge >= 0.3 is 0 Å². The highest BCUT2D eigenvalue weighted by Crippen LogP contribution is 2.22. The van der Waals surface area contributed by atoms with Crippen LogP contribution in [-0.2, 0) is 19.1 Å². The van der Waals surface area contributed by atoms with Crippen LogP contribution in [0.25, 0.3) is 4.85 Å². The summed E-state index contributed by atoms with van der Waals surface area (Å²) in [4.78, 5) is 39.7. The monoisotopic (exact) mass is 344 g/mol. The molecule has 1 aliphatic heterocycles. The fourth-order valence-corrected chi connectivity index (χ4v) is 2.06. The molecule has 0 radical (unpaired) electrons. The van der Waals surface area contributed by atoms with Gasteiger partial charge in [0, 0.05) is 14.2 Å². The summed E-state index contributed by atoms with van der Waals surface area (Å²) >= 11 is 0. The fourth-order valence-electron chi connectivity index (χ4n) is 2.06. The molecule has 1 heterocycles. The summed E-state index contributed by atoms with van der Waals surface area (Å²) in [6.45, 7) is 8.66. The minimum absolute atomic E-state index is 0.0440. The number of ether oxygens (including phenoxy) is 2. The van der Waals surface area contributed by atoms with Crippen LogP contribution in [0.3, 0.4) is 0 Å². The smallest absolute Gasteiger partial charge is 0.296 e. The lowest BCUT2D eigenvalue weighted by Crippen LogP contribution is -2.34. The third kappa shape index (κ3) is 4.99. The number of ketones is 1. The second-order valence-electron chi connectivity index (χ2n) is 5.13. The van der Waals surface area contributed by atoms with Gasteiger partial charge in [-0.1, -0.05) is 19.1 Å². The standard InChI is InChI=1S/C18H18N2O5/c1-3-14(21)8-10-24-11-9-20-17(22)12-16(18(20)23)25-15-6-4-13(19-2)5-7-15/h4-7,12H,3,8-11H2,1H3/i3T. The van der Waals surface area contributed by atoms with Crippen LogP contribution in [0.15, 0.2) is 36.1 Å². The van der Waals surface area contributed by atoms with Crippen molar-refractivity contribution >= 4 is 23.3 Å². The molecule has 0 fully saturated rings. The van der Waals surface area contributed by atoms with E-state index in [1.54, 1.807) is 24.3 Å². The molecular formula is C18H18N2O5. The molecule has 7 heteroatoms. The summed E-state index contributed by atoms with van der Waals surface area (Å²) in [5, 5.41) is 0. The Morgan fingerprint density at radius 3 is 2.64 bits per heavy atom. The van der Waals surface area contributed by atoms with Gasteiger partial charge in [0.2, 0.25) is 0 Å². The highest BCUT2D eigenvalue weighted by Gasteiger charge is 2.32. The van der Waals surface area contributed by atoms with Gasteiger partial charge in [0.25, 0.3) is 11.8 Å². The maximum absolute atomic E-state index is 12.2. The number of carbonyl (C=O) groups excluding carboxylic acids is 3. The normalized spacial score (nSPS) is 15.4. The van der Waals surface area contributed by atoms with Crippen LogP contribution < -0.4 is 4.74 Å². The Hall–Kier alpha value is -2.98. The predicted octanol–water partition coefficient (Wildman–Crippen LogP) is 2.25. The molecule has 1 aromatic rings. The first-order valence-electron chi connectivity index (χ1n) is 8.25. The molecule has 0 bridgehead atoms. The lowest BCUT2D eigenvalue weighted by atomic mass is 10.2. The number of imide groups is 1. The molecular weight excluding hydrogens is 324 g/mol. The number of nitrogens with zero attached hydrogens (tertiary/aromatic N) is 2. The van der Waals surface area contributed by atoms with Crippen molar-refractivity contribution < 1.29 is 25.2 Å². The van der Waals surface area contributed by atoms with Crippen LogP contribution in [-0.4, -0.2) is 42.3 Å². The largest absolute Gasteiger partial charge is 0.451 e. The molecule has 0 aliphatic carbocycles. The summed E-state index contributed by atoms with van der Waals surface area (Å²) < 4.78 is 17.9. The highest BCUT2D eigenvalue weighted by molar-refractivity contribution is 6.15. The third-order valence-corrected chi connectivity index (χ3v) is 3.44. The van der Waals surface area contributed by atoms with E-state index in [-0.39, 0.29) is 37.7 Å². The Balaban J connectivity index is 1.80. The zero-order chi connectivity index (χ0) is 19.1. The number of Topliss-reactive ketones (excluding diaryl/α,β-unsaturated/α-hetero) is 1. The molecule has 0 saturated heterocycles. The van der Waals surface area contributed by atoms with E-state index in [2.05, 4.69) is 4.85 Å². The molecule has 25 heavy (non-hydrogen) atoms. The van der Waals surface area contributed by atoms with E-state index in [4.69, 9.17) is 17.4 Å². The van der Waals surface area contributed by atoms with Crippen LogP contribution >= 0.6 is 0 Å². The van der Waals surface area contributed by atoms with Crippen molar-refractivity contribution in [2.24, 2.45) is 0 Å². The van der Waals surface area contributed by atoms with Gasteiger partial charge in [-0.15, -0.1) is 0 Å². The van der Waals surface area contributed by atoms with Crippen molar-refractivity contribution in [3.63, 3.8) is 0 Å². The van der Waals surface area contributed by atoms with Crippen molar-refractivity contribution in [1.82, 2.24) is 4.90 Å². The van der Waals surface area contributed by atoms with Crippen molar-refractivity contribution in [1.29, 1.82) is 0 Å². The second kappa shape index (κ2) is 8.76. The van der Waals surface area contributed by atoms with E-state index in [0.29, 0.717) is 11.4 Å². The van der Waals surface area contributed by atoms with Crippen molar-refractivity contribution in [2.45, 2.75) is 19.7 Å². The van der Waals surface area contributed by atoms with E-state index in [1.807, 2.05) is 0 Å². The van der Waals surface area contributed by atoms with E-state index in [9.17, 15) is 14.4 Å². The van der Waals surface area contributed by atoms with Gasteiger partial charge in [0.1, 0.15) is 11.5 Å². The summed E-state index contributed by atoms with van der Waals surface area (Å²) in [6.07, 6.45) is 0.448. The Morgan fingerprint density at radius 2 is 2.00 bits per heavy atom. The molecule has 1 atom stereocenters. The van der Waals surface area contributed by atoms with E-state index in [1.165, 1.54) is 6.92 Å². The number of benzene rings is 1. The molecule has 0 saturated carbocycles. The molecule has 1 aromatic carbocycles. The SMILES string of the molecule is [3H]C(C)C(=O)CCOCCN1C(=O)C=C(Oc2ccc([N+]#[C-])cc2)C1=O. The van der Waals surface area contributed by atoms with Gasteiger partial charge < -0.3 is 9.47 Å². The Kier molecular flexibility index (Phi) is 5.91. The van der Waals surface area contributed by atoms with Crippen LogP contribution in [0.2, 0.25) is 0 Å². The number of carbonyl (C=O) groups is 3. The van der Waals surface area contributed by atoms with Gasteiger partial charge in [-0.3, -0.25) is 19.3 Å². The first-order valence-corrected chi connectivity index (χ1v) is 7.68. The Morgan fingerprint density at radius 1 is 1.28 bits per heavy atom. The van der Waals surface area contributed by atoms with Crippen molar-refractivity contribution in [2.75, 3.05) is 19.8 Å². The quantitative estimate of drug-likeness (QED) is 0.390. The highest BCUT2D eigenvalue weighted by atomic mass is 16.5. The van der Waals surface area contributed by atoms with Crippen LogP contribution in [0.5, 0.6) is 5.75 Å². The van der Waals surface area contributed by atoms with Gasteiger partial charge in [0.15, 0.2) is 11.4 Å². The van der Waals surface area contributed by atoms with Gasteiger partial charge in [-0.05, 0) is 12.1 Å². The number of rotatable bonds is 9. The third-order valence-electron chi connectivity index (χ3n) is 3.44. The van der Waals surface area contributed by atoms with Gasteiger partial charge in [0.05, 0.1) is 32.4 Å². The Bertz CT molecular complexity index is 765. The first kappa shape index (κ1) is 16.9. The second-order valence-corrected chi connectivity index (χ2v) is 5.13. The average Bonchev–Trinajstić information content (AvgIpc) is 2.89. The molecule has 0 aromatic heterocycles. The van der Waals surface area contributed by atoms with E-state index >= 15 is 0 Å². The summed E-state index contributed by atoms with van der Waals surface area (Å²) in [5.74, 6) is -1.03. The maximum Gasteiger partial charge on any atom is 0.296 e. The number of hydrogen-bond acceptors (Lipinski definition) is 5. The minimum atomic E-state index is -0.784. The summed E-state index contributed by atoms with van der Waals surface area (Å²) in [6, 6.07) is 6.19. The molecule has 2 rings (SSSR count). The van der Waals surface area contributed by atoms with Crippen LogP contribution in [0, 0.1) is 6.57 Å². The zero-order valence-electron chi connectivity index (χ0n) is 14.7. The van der Waals surface area contributed by atoms with Crippen molar-refractivity contribution in [3.05, 3.63) is 47.5 Å². The topological polar surface area (TPSA) is 77.3 Å². The lowest BCUT2D eigenvalue weighted by Gasteiger charge is -2.14. The summed E-state index contributed by atoms with van der Waals surface area (Å²) in [5.41, 5.74) is 0.442. The average molecular weight is 344 g/mol. The van der Waals surface area contributed by atoms with Gasteiger partial charge in [-0.25, -0.2) is 4.85 Å². The zero-order valence-corrected chi connectivity index (χ0v) is 13.7. The van der Waals surface area contributed by atoms with E-state index in [0.717, 1.165) is 11.0 Å². The first-order chi connectivity index (χ1) is 12.4. The minimum Gasteiger partial charge on any atom is -0.451 e. The molecule has 1 unspecified atom stereocenters. The fraction of sp³-hybridized carbons (Fsp3) is 0.333. The molecule has 2 amide bonds. The van der Waals surface area contributed by atoms with Crippen LogP contribution in [0.1, 0.15) is 21.1 Å². The Labute approximate surface area is 147 Å². The van der Waals surface area contributed by atoms with Gasteiger partial charge in [-0.2, -0.15) is 0 Å². The predicted molar refractivity (Wildman–Crippen MR) is 88.9 cm³/mol. The molecule has 130 valence electrons. The van der Waals surface area contributed by atoms with E-state index < -0.39 is 18.2 Å². The number of amides is 2. The molecule has 1 aliphatic rings. The molecule has 0 spiro atoms. The van der Waals surface area contributed by atoms with Crippen molar-refractivity contribution in [3.8, 4) is 5.75 Å².